The van der Waals surface area contributed by atoms with Gasteiger partial charge in [-0.2, -0.15) is 0 Å². The van der Waals surface area contributed by atoms with E-state index in [0.717, 1.165) is 52.9 Å². The number of hydrogen-bond acceptors (Lipinski definition) is 8. The van der Waals surface area contributed by atoms with Crippen molar-refractivity contribution in [2.45, 2.75) is 16.3 Å². The van der Waals surface area contributed by atoms with E-state index in [1.165, 1.54) is 11.3 Å². The number of nitrogens with zero attached hydrogens (tertiary/aromatic N) is 6. The van der Waals surface area contributed by atoms with E-state index in [9.17, 15) is 4.79 Å². The standard InChI is InChI=1S/C21H23N7OS2/c1-26-9-11-27(12-10-26)8-5-18(29)25-21-24-16-4-3-15(13-17(16)31-21)30-19-14-23-20-22-6-2-7-28(19)20/h2-4,6-7,13-14H,5,8-12H2,1H3,(H,24,25,29). The molecule has 3 aromatic heterocycles. The average molecular weight is 454 g/mol. The zero-order chi connectivity index (χ0) is 21.2. The molecular weight excluding hydrogens is 430 g/mol. The lowest BCUT2D eigenvalue weighted by Gasteiger charge is -2.32. The first kappa shape index (κ1) is 20.4. The molecule has 10 heteroatoms. The lowest BCUT2D eigenvalue weighted by Crippen LogP contribution is -2.45. The second-order valence-corrected chi connectivity index (χ2v) is 9.70. The van der Waals surface area contributed by atoms with Crippen LogP contribution in [0.3, 0.4) is 0 Å². The second kappa shape index (κ2) is 8.91. The lowest BCUT2D eigenvalue weighted by atomic mass is 10.3. The van der Waals surface area contributed by atoms with Crippen LogP contribution in [0, 0.1) is 0 Å². The Labute approximate surface area is 188 Å². The minimum absolute atomic E-state index is 0.0193. The van der Waals surface area contributed by atoms with E-state index in [1.807, 2.05) is 35.0 Å². The number of carbonyl (C=O) groups is 1. The topological polar surface area (TPSA) is 78.7 Å². The summed E-state index contributed by atoms with van der Waals surface area (Å²) in [7, 11) is 2.14. The maximum Gasteiger partial charge on any atom is 0.234 e. The Morgan fingerprint density at radius 2 is 2.10 bits per heavy atom. The van der Waals surface area contributed by atoms with Crippen LogP contribution in [-0.2, 0) is 4.79 Å². The average Bonchev–Trinajstić information content (AvgIpc) is 3.37. The molecule has 0 spiro atoms. The van der Waals surface area contributed by atoms with E-state index < -0.39 is 0 Å². The van der Waals surface area contributed by atoms with Crippen molar-refractivity contribution < 1.29 is 4.79 Å². The quantitative estimate of drug-likeness (QED) is 0.481. The van der Waals surface area contributed by atoms with Crippen LogP contribution in [0.15, 0.2) is 52.8 Å². The van der Waals surface area contributed by atoms with Gasteiger partial charge in [0.2, 0.25) is 11.7 Å². The summed E-state index contributed by atoms with van der Waals surface area (Å²) in [4.78, 5) is 31.3. The van der Waals surface area contributed by atoms with E-state index in [0.29, 0.717) is 17.3 Å². The van der Waals surface area contributed by atoms with Crippen LogP contribution in [0.1, 0.15) is 6.42 Å². The Bertz CT molecular complexity index is 1210. The molecule has 4 heterocycles. The highest BCUT2D eigenvalue weighted by Gasteiger charge is 2.15. The SMILES string of the molecule is CN1CCN(CCC(=O)Nc2nc3ccc(Sc4cnc5ncccn45)cc3s2)CC1. The molecule has 4 aromatic rings. The number of fused-ring (bicyclic) bond motifs is 2. The highest BCUT2D eigenvalue weighted by molar-refractivity contribution is 7.99. The van der Waals surface area contributed by atoms with Crippen LogP contribution in [0.2, 0.25) is 0 Å². The normalized spacial score (nSPS) is 15.6. The summed E-state index contributed by atoms with van der Waals surface area (Å²) in [6.45, 7) is 4.96. The highest BCUT2D eigenvalue weighted by atomic mass is 32.2. The van der Waals surface area contributed by atoms with Gasteiger partial charge in [-0.1, -0.05) is 23.1 Å². The summed E-state index contributed by atoms with van der Waals surface area (Å²) >= 11 is 3.14. The molecule has 1 aromatic carbocycles. The Hall–Kier alpha value is -2.53. The largest absolute Gasteiger partial charge is 0.304 e. The van der Waals surface area contributed by atoms with Crippen molar-refractivity contribution in [2.75, 3.05) is 45.1 Å². The molecule has 31 heavy (non-hydrogen) atoms. The van der Waals surface area contributed by atoms with Gasteiger partial charge < -0.3 is 15.1 Å². The van der Waals surface area contributed by atoms with Crippen LogP contribution in [0.4, 0.5) is 5.13 Å². The van der Waals surface area contributed by atoms with E-state index in [4.69, 9.17) is 0 Å². The fourth-order valence-corrected chi connectivity index (χ4v) is 5.43. The van der Waals surface area contributed by atoms with Crippen LogP contribution in [0.5, 0.6) is 0 Å². The molecule has 1 fully saturated rings. The van der Waals surface area contributed by atoms with Gasteiger partial charge in [-0.15, -0.1) is 0 Å². The number of imidazole rings is 1. The number of rotatable bonds is 6. The van der Waals surface area contributed by atoms with E-state index in [1.54, 1.807) is 18.0 Å². The van der Waals surface area contributed by atoms with Gasteiger partial charge in [0.1, 0.15) is 5.03 Å². The molecule has 1 N–H and O–H groups in total. The maximum absolute atomic E-state index is 12.4. The van der Waals surface area contributed by atoms with Gasteiger partial charge in [0.25, 0.3) is 0 Å². The number of anilines is 1. The summed E-state index contributed by atoms with van der Waals surface area (Å²) in [6.07, 6.45) is 6.01. The van der Waals surface area contributed by atoms with E-state index >= 15 is 0 Å². The molecule has 160 valence electrons. The molecule has 0 saturated carbocycles. The Balaban J connectivity index is 1.22. The number of piperazine rings is 1. The van der Waals surface area contributed by atoms with Crippen LogP contribution >= 0.6 is 23.1 Å². The first-order valence-electron chi connectivity index (χ1n) is 10.2. The lowest BCUT2D eigenvalue weighted by molar-refractivity contribution is -0.116. The number of benzene rings is 1. The molecule has 1 amide bonds. The van der Waals surface area contributed by atoms with Gasteiger partial charge in [-0.05, 0) is 31.3 Å². The Morgan fingerprint density at radius 1 is 1.23 bits per heavy atom. The van der Waals surface area contributed by atoms with E-state index in [-0.39, 0.29) is 5.91 Å². The van der Waals surface area contributed by atoms with Crippen molar-refractivity contribution in [3.63, 3.8) is 0 Å². The molecule has 8 nitrogen and oxygen atoms in total. The molecule has 1 aliphatic rings. The summed E-state index contributed by atoms with van der Waals surface area (Å²) in [5.74, 6) is 0.705. The third kappa shape index (κ3) is 4.72. The number of thiazole rings is 1. The maximum atomic E-state index is 12.4. The molecule has 0 unspecified atom stereocenters. The van der Waals surface area contributed by atoms with Crippen molar-refractivity contribution in [3.05, 3.63) is 42.9 Å². The van der Waals surface area contributed by atoms with Gasteiger partial charge in [-0.25, -0.2) is 15.0 Å². The summed E-state index contributed by atoms with van der Waals surface area (Å²) < 4.78 is 3.01. The van der Waals surface area contributed by atoms with Gasteiger partial charge in [0, 0.05) is 56.4 Å². The number of nitrogens with one attached hydrogen (secondary N) is 1. The number of likely N-dealkylation sites (N-methyl/N-ethyl adjacent to an activating group) is 1. The van der Waals surface area contributed by atoms with Crippen LogP contribution in [0.25, 0.3) is 16.0 Å². The number of hydrogen-bond donors (Lipinski definition) is 1. The molecule has 0 radical (unpaired) electrons. The minimum atomic E-state index is 0.0193. The fourth-order valence-electron chi connectivity index (χ4n) is 3.54. The molecule has 1 aliphatic heterocycles. The number of amides is 1. The predicted molar refractivity (Wildman–Crippen MR) is 124 cm³/mol. The second-order valence-electron chi connectivity index (χ2n) is 7.58. The van der Waals surface area contributed by atoms with E-state index in [2.05, 4.69) is 43.2 Å². The van der Waals surface area contributed by atoms with Gasteiger partial charge in [0.05, 0.1) is 16.4 Å². The van der Waals surface area contributed by atoms with Gasteiger partial charge >= 0.3 is 0 Å². The molecular formula is C21H23N7OS2. The molecule has 0 bridgehead atoms. The summed E-state index contributed by atoms with van der Waals surface area (Å²) in [6, 6.07) is 8.04. The summed E-state index contributed by atoms with van der Waals surface area (Å²) in [5, 5.41) is 4.63. The molecule has 0 aliphatic carbocycles. The van der Waals surface area contributed by atoms with Crippen LogP contribution < -0.4 is 5.32 Å². The minimum Gasteiger partial charge on any atom is -0.304 e. The van der Waals surface area contributed by atoms with Crippen molar-refractivity contribution in [2.24, 2.45) is 0 Å². The first-order valence-corrected chi connectivity index (χ1v) is 11.8. The van der Waals surface area contributed by atoms with Gasteiger partial charge in [-0.3, -0.25) is 9.20 Å². The Kier molecular flexibility index (Phi) is 5.86. The smallest absolute Gasteiger partial charge is 0.234 e. The molecule has 1 saturated heterocycles. The zero-order valence-corrected chi connectivity index (χ0v) is 18.8. The number of aromatic nitrogens is 4. The zero-order valence-electron chi connectivity index (χ0n) is 17.2. The summed E-state index contributed by atoms with van der Waals surface area (Å²) in [5.41, 5.74) is 0.892. The fraction of sp³-hybridized carbons (Fsp3) is 0.333. The van der Waals surface area contributed by atoms with Gasteiger partial charge in [0.15, 0.2) is 5.13 Å². The highest BCUT2D eigenvalue weighted by Crippen LogP contribution is 2.33. The third-order valence-corrected chi connectivity index (χ3v) is 7.27. The first-order chi connectivity index (χ1) is 15.1. The molecule has 5 rings (SSSR count). The predicted octanol–water partition coefficient (Wildman–Crippen LogP) is 3.07. The third-order valence-electron chi connectivity index (χ3n) is 5.33. The monoisotopic (exact) mass is 453 g/mol. The van der Waals surface area contributed by atoms with Crippen molar-refractivity contribution >= 4 is 50.1 Å². The van der Waals surface area contributed by atoms with Crippen molar-refractivity contribution in [1.82, 2.24) is 29.2 Å². The number of carbonyl (C=O) groups excluding carboxylic acids is 1. The van der Waals surface area contributed by atoms with Crippen molar-refractivity contribution in [3.8, 4) is 0 Å². The van der Waals surface area contributed by atoms with Crippen LogP contribution in [-0.4, -0.2) is 74.8 Å². The Morgan fingerprint density at radius 3 is 2.97 bits per heavy atom. The molecule has 0 atom stereocenters. The van der Waals surface area contributed by atoms with Crippen molar-refractivity contribution in [1.29, 1.82) is 0 Å².